The Labute approximate surface area is 192 Å². The quantitative estimate of drug-likeness (QED) is 0.416. The molecule has 1 aliphatic heterocycles. The van der Waals surface area contributed by atoms with Crippen LogP contribution in [0.25, 0.3) is 0 Å². The highest BCUT2D eigenvalue weighted by Gasteiger charge is 2.43. The van der Waals surface area contributed by atoms with Crippen LogP contribution >= 0.6 is 7.26 Å². The summed E-state index contributed by atoms with van der Waals surface area (Å²) < 4.78 is 10.9. The van der Waals surface area contributed by atoms with Crippen molar-refractivity contribution in [2.75, 3.05) is 37.1 Å². The Morgan fingerprint density at radius 3 is 2.16 bits per heavy atom. The summed E-state index contributed by atoms with van der Waals surface area (Å²) in [6.07, 6.45) is 7.36. The van der Waals surface area contributed by atoms with Crippen LogP contribution in [0.3, 0.4) is 0 Å². The van der Waals surface area contributed by atoms with Gasteiger partial charge >= 0.3 is 5.97 Å². The van der Waals surface area contributed by atoms with E-state index >= 15 is 0 Å². The lowest BCUT2D eigenvalue weighted by Gasteiger charge is -2.25. The van der Waals surface area contributed by atoms with E-state index in [1.807, 2.05) is 56.3 Å². The van der Waals surface area contributed by atoms with Crippen molar-refractivity contribution in [3.05, 3.63) is 59.2 Å². The third-order valence-electron chi connectivity index (χ3n) is 6.21. The fourth-order valence-corrected chi connectivity index (χ4v) is 8.60. The van der Waals surface area contributed by atoms with E-state index in [1.165, 1.54) is 12.8 Å². The Morgan fingerprint density at radius 1 is 0.938 bits per heavy atom. The average Bonchev–Trinajstić information content (AvgIpc) is 3.00. The number of anilines is 1. The normalized spacial score (nSPS) is 15.5. The molecule has 0 unspecified atom stereocenters. The molecular formula is C26H35NO4P+. The summed E-state index contributed by atoms with van der Waals surface area (Å²) in [5.74, 6) is 0.619. The molecule has 2 aromatic carbocycles. The van der Waals surface area contributed by atoms with Crippen LogP contribution in [0, 0.1) is 13.8 Å². The molecular weight excluding hydrogens is 421 g/mol. The molecule has 0 atom stereocenters. The second-order valence-electron chi connectivity index (χ2n) is 8.85. The van der Waals surface area contributed by atoms with Gasteiger partial charge in [0.1, 0.15) is 18.5 Å². The molecule has 2 aromatic rings. The smallest absolute Gasteiger partial charge is 0.344 e. The zero-order valence-electron chi connectivity index (χ0n) is 19.5. The van der Waals surface area contributed by atoms with Gasteiger partial charge in [-0.15, -0.1) is 0 Å². The van der Waals surface area contributed by atoms with Crippen molar-refractivity contribution >= 4 is 24.8 Å². The summed E-state index contributed by atoms with van der Waals surface area (Å²) in [6.45, 7) is 4.24. The number of amides is 1. The summed E-state index contributed by atoms with van der Waals surface area (Å²) in [4.78, 5) is 25.9. The maximum Gasteiger partial charge on any atom is 0.344 e. The molecule has 0 aromatic heterocycles. The number of rotatable bonds is 8. The van der Waals surface area contributed by atoms with Gasteiger partial charge in [-0.25, -0.2) is 4.79 Å². The molecule has 0 bridgehead atoms. The Morgan fingerprint density at radius 2 is 1.56 bits per heavy atom. The summed E-state index contributed by atoms with van der Waals surface area (Å²) in [6, 6.07) is 13.6. The summed E-state index contributed by atoms with van der Waals surface area (Å²) >= 11 is 0. The number of hydrogen-bond donors (Lipinski definition) is 1. The highest BCUT2D eigenvalue weighted by molar-refractivity contribution is 7.77. The Balaban J connectivity index is 1.68. The van der Waals surface area contributed by atoms with Crippen LogP contribution in [0.5, 0.6) is 5.75 Å². The number of hydrogen-bond acceptors (Lipinski definition) is 4. The summed E-state index contributed by atoms with van der Waals surface area (Å²) in [5.41, 5.74) is 3.78. The first-order valence-electron chi connectivity index (χ1n) is 11.4. The van der Waals surface area contributed by atoms with Gasteiger partial charge < -0.3 is 14.8 Å². The molecule has 32 heavy (non-hydrogen) atoms. The molecule has 0 aliphatic carbocycles. The number of benzene rings is 2. The van der Waals surface area contributed by atoms with Crippen molar-refractivity contribution < 1.29 is 19.1 Å². The van der Waals surface area contributed by atoms with E-state index in [0.29, 0.717) is 12.3 Å². The van der Waals surface area contributed by atoms with Gasteiger partial charge in [0.05, 0.1) is 19.4 Å². The molecule has 1 amide bonds. The zero-order valence-corrected chi connectivity index (χ0v) is 20.4. The van der Waals surface area contributed by atoms with E-state index in [1.54, 1.807) is 7.11 Å². The largest absolute Gasteiger partial charge is 0.497 e. The number of esters is 1. The lowest BCUT2D eigenvalue weighted by Crippen LogP contribution is -2.26. The first-order valence-corrected chi connectivity index (χ1v) is 13.9. The number of aryl methyl sites for hydroxylation is 2. The van der Waals surface area contributed by atoms with Gasteiger partial charge in [-0.3, -0.25) is 4.79 Å². The second-order valence-corrected chi connectivity index (χ2v) is 13.1. The van der Waals surface area contributed by atoms with Gasteiger partial charge in [0, 0.05) is 12.9 Å². The SMILES string of the molecule is COc1cc(C)c(NC(=O)C[P+]2(CC(=O)OCc3ccccc3)CCCCCC2)c(C)c1. The molecule has 1 N–H and O–H groups in total. The molecule has 0 saturated carbocycles. The van der Waals surface area contributed by atoms with Crippen LogP contribution in [-0.2, 0) is 20.9 Å². The number of carbonyl (C=O) groups is 2. The van der Waals surface area contributed by atoms with Gasteiger partial charge in [-0.2, -0.15) is 0 Å². The molecule has 0 spiro atoms. The molecule has 1 fully saturated rings. The molecule has 1 aliphatic rings. The molecule has 0 radical (unpaired) electrons. The van der Waals surface area contributed by atoms with Crippen LogP contribution in [0.2, 0.25) is 0 Å². The minimum atomic E-state index is -1.76. The van der Waals surface area contributed by atoms with Crippen molar-refractivity contribution in [2.24, 2.45) is 0 Å². The minimum absolute atomic E-state index is 0.00691. The molecule has 172 valence electrons. The van der Waals surface area contributed by atoms with E-state index in [9.17, 15) is 9.59 Å². The standard InChI is InChI=1S/C26H34NO4P/c1-20-15-23(30-3)16-21(2)26(20)27-24(28)18-32(13-9-4-5-10-14-32)19-25(29)31-17-22-11-7-6-8-12-22/h6-8,11-12,15-16H,4-5,9-10,13-14,17-19H2,1-3H3/p+1. The van der Waals surface area contributed by atoms with Crippen LogP contribution in [0.4, 0.5) is 5.69 Å². The summed E-state index contributed by atoms with van der Waals surface area (Å²) in [7, 11) is -0.118. The van der Waals surface area contributed by atoms with Crippen molar-refractivity contribution in [3.63, 3.8) is 0 Å². The van der Waals surface area contributed by atoms with Gasteiger partial charge in [0.25, 0.3) is 5.91 Å². The Bertz CT molecular complexity index is 898. The van der Waals surface area contributed by atoms with E-state index < -0.39 is 7.26 Å². The fourth-order valence-electron chi connectivity index (χ4n) is 4.51. The monoisotopic (exact) mass is 456 g/mol. The van der Waals surface area contributed by atoms with Gasteiger partial charge in [0.2, 0.25) is 0 Å². The van der Waals surface area contributed by atoms with Gasteiger partial charge in [-0.1, -0.05) is 30.3 Å². The van der Waals surface area contributed by atoms with E-state index in [0.717, 1.165) is 53.3 Å². The number of nitrogens with one attached hydrogen (secondary N) is 1. The maximum atomic E-state index is 13.2. The first-order chi connectivity index (χ1) is 15.4. The molecule has 5 nitrogen and oxygen atoms in total. The fraction of sp³-hybridized carbons (Fsp3) is 0.462. The average molecular weight is 457 g/mol. The molecule has 3 rings (SSSR count). The van der Waals surface area contributed by atoms with Gasteiger partial charge in [-0.05, 0) is 68.4 Å². The van der Waals surface area contributed by atoms with Crippen molar-refractivity contribution in [1.82, 2.24) is 0 Å². The lowest BCUT2D eigenvalue weighted by molar-refractivity contribution is -0.141. The van der Waals surface area contributed by atoms with Crippen molar-refractivity contribution in [2.45, 2.75) is 46.1 Å². The third kappa shape index (κ3) is 6.80. The third-order valence-corrected chi connectivity index (χ3v) is 10.6. The zero-order chi connectivity index (χ0) is 23.0. The number of methoxy groups -OCH3 is 1. The van der Waals surface area contributed by atoms with Crippen LogP contribution in [-0.4, -0.2) is 43.6 Å². The topological polar surface area (TPSA) is 64.6 Å². The second kappa shape index (κ2) is 11.5. The molecule has 6 heteroatoms. The van der Waals surface area contributed by atoms with Gasteiger partial charge in [0.15, 0.2) is 6.16 Å². The Kier molecular flexibility index (Phi) is 8.69. The number of carbonyl (C=O) groups excluding carboxylic acids is 2. The lowest BCUT2D eigenvalue weighted by atomic mass is 10.1. The first kappa shape index (κ1) is 24.3. The Hall–Kier alpha value is -2.39. The van der Waals surface area contributed by atoms with Crippen molar-refractivity contribution in [3.8, 4) is 5.75 Å². The summed E-state index contributed by atoms with van der Waals surface area (Å²) in [5, 5.41) is 3.13. The maximum absolute atomic E-state index is 13.2. The van der Waals surface area contributed by atoms with E-state index in [4.69, 9.17) is 9.47 Å². The molecule has 1 heterocycles. The predicted octanol–water partition coefficient (Wildman–Crippen LogP) is 5.59. The van der Waals surface area contributed by atoms with E-state index in [-0.39, 0.29) is 18.5 Å². The minimum Gasteiger partial charge on any atom is -0.497 e. The van der Waals surface area contributed by atoms with Crippen molar-refractivity contribution in [1.29, 1.82) is 0 Å². The molecule has 1 saturated heterocycles. The number of ether oxygens (including phenoxy) is 2. The van der Waals surface area contributed by atoms with Crippen LogP contribution in [0.1, 0.15) is 42.4 Å². The predicted molar refractivity (Wildman–Crippen MR) is 132 cm³/mol. The highest BCUT2D eigenvalue weighted by atomic mass is 31.2. The van der Waals surface area contributed by atoms with Crippen LogP contribution in [0.15, 0.2) is 42.5 Å². The van der Waals surface area contributed by atoms with Crippen LogP contribution < -0.4 is 10.1 Å². The highest BCUT2D eigenvalue weighted by Crippen LogP contribution is 2.61. The van der Waals surface area contributed by atoms with E-state index in [2.05, 4.69) is 5.32 Å².